The van der Waals surface area contributed by atoms with Crippen LogP contribution in [0.4, 0.5) is 14.9 Å². The Labute approximate surface area is 209 Å². The zero-order valence-electron chi connectivity index (χ0n) is 20.8. The van der Waals surface area contributed by atoms with E-state index < -0.39 is 23.3 Å². The van der Waals surface area contributed by atoms with Crippen LogP contribution in [0.5, 0.6) is 5.75 Å². The maximum Gasteiger partial charge on any atom is 0.322 e. The minimum Gasteiger partial charge on any atom is -0.497 e. The first-order valence-corrected chi connectivity index (χ1v) is 12.2. The number of rotatable bonds is 5. The number of fused-ring (bicyclic) bond motifs is 4. The molecule has 2 aromatic carbocycles. The van der Waals surface area contributed by atoms with E-state index in [0.29, 0.717) is 37.5 Å². The van der Waals surface area contributed by atoms with Crippen molar-refractivity contribution in [1.29, 1.82) is 0 Å². The molecule has 8 nitrogen and oxygen atoms in total. The number of halogens is 1. The number of methoxy groups -OCH3 is 1. The van der Waals surface area contributed by atoms with Gasteiger partial charge in [-0.05, 0) is 42.3 Å². The Balaban J connectivity index is 1.60. The van der Waals surface area contributed by atoms with Gasteiger partial charge in [-0.2, -0.15) is 0 Å². The van der Waals surface area contributed by atoms with Gasteiger partial charge in [0.1, 0.15) is 11.6 Å². The van der Waals surface area contributed by atoms with Gasteiger partial charge in [0, 0.05) is 55.9 Å². The van der Waals surface area contributed by atoms with E-state index in [0.717, 1.165) is 28.6 Å². The van der Waals surface area contributed by atoms with Crippen LogP contribution in [0.15, 0.2) is 42.5 Å². The summed E-state index contributed by atoms with van der Waals surface area (Å²) in [5.74, 6) is 0.367. The average molecular weight is 495 g/mol. The summed E-state index contributed by atoms with van der Waals surface area (Å²) in [7, 11) is 3.54. The fraction of sp³-hybridized carbons (Fsp3) is 0.407. The topological polar surface area (TPSA) is 87.0 Å². The van der Waals surface area contributed by atoms with Gasteiger partial charge in [-0.3, -0.25) is 4.79 Å². The van der Waals surface area contributed by atoms with E-state index in [4.69, 9.17) is 4.74 Å². The lowest BCUT2D eigenvalue weighted by atomic mass is 9.68. The number of benzene rings is 2. The lowest BCUT2D eigenvalue weighted by Gasteiger charge is -2.56. The number of anilines is 1. The summed E-state index contributed by atoms with van der Waals surface area (Å²) < 4.78 is 21.2. The lowest BCUT2D eigenvalue weighted by Crippen LogP contribution is -2.68. The molecule has 5 rings (SSSR count). The third-order valence-corrected chi connectivity index (χ3v) is 7.46. The van der Waals surface area contributed by atoms with Gasteiger partial charge in [0.25, 0.3) is 0 Å². The van der Waals surface area contributed by atoms with Crippen LogP contribution in [0.3, 0.4) is 0 Å². The number of aliphatic hydroxyl groups is 1. The number of likely N-dealkylation sites (tertiary alicyclic amines) is 1. The molecule has 3 aromatic rings. The first-order valence-electron chi connectivity index (χ1n) is 12.2. The number of hydrogen-bond donors (Lipinski definition) is 2. The number of carbonyl (C=O) groups excluding carboxylic acids is 2. The average Bonchev–Trinajstić information content (AvgIpc) is 3.14. The van der Waals surface area contributed by atoms with E-state index in [1.165, 1.54) is 18.2 Å². The standard InChI is InChI=1S/C27H31FN4O4/c1-4-6-23(34)31-14-27(15-31)16-32(26(35)29-18-8-5-7-17(28)11-18)22(13-33)25-24(27)20-10-9-19(36-3)12-21(20)30(25)2/h5,7-12,22,33H,4,6,13-16H2,1-3H3,(H,29,35)/t22-/m0/s1. The van der Waals surface area contributed by atoms with Gasteiger partial charge < -0.3 is 29.5 Å². The number of nitrogens with one attached hydrogen (secondary N) is 1. The minimum atomic E-state index is -0.608. The molecule has 190 valence electrons. The number of aliphatic hydroxyl groups excluding tert-OH is 1. The highest BCUT2D eigenvalue weighted by molar-refractivity contribution is 5.93. The fourth-order valence-electron chi connectivity index (χ4n) is 5.82. The highest BCUT2D eigenvalue weighted by Crippen LogP contribution is 2.49. The Bertz CT molecular complexity index is 1330. The quantitative estimate of drug-likeness (QED) is 0.565. The molecule has 1 spiro atoms. The van der Waals surface area contributed by atoms with Gasteiger partial charge in [0.15, 0.2) is 0 Å². The van der Waals surface area contributed by atoms with Gasteiger partial charge in [0.2, 0.25) is 5.91 Å². The maximum atomic E-state index is 13.7. The van der Waals surface area contributed by atoms with Crippen molar-refractivity contribution >= 4 is 28.5 Å². The molecule has 2 aliphatic heterocycles. The predicted octanol–water partition coefficient (Wildman–Crippen LogP) is 3.79. The van der Waals surface area contributed by atoms with E-state index in [9.17, 15) is 19.1 Å². The molecule has 0 bridgehead atoms. The summed E-state index contributed by atoms with van der Waals surface area (Å²) in [5, 5.41) is 14.3. The van der Waals surface area contributed by atoms with Gasteiger partial charge in [-0.15, -0.1) is 0 Å². The SMILES string of the molecule is CCCC(=O)N1CC2(C1)CN(C(=O)Nc1cccc(F)c1)[C@@H](CO)c1c2c2ccc(OC)cc2n1C. The summed E-state index contributed by atoms with van der Waals surface area (Å²) in [4.78, 5) is 29.6. The molecule has 36 heavy (non-hydrogen) atoms. The maximum absolute atomic E-state index is 13.7. The zero-order chi connectivity index (χ0) is 25.6. The predicted molar refractivity (Wildman–Crippen MR) is 135 cm³/mol. The van der Waals surface area contributed by atoms with E-state index >= 15 is 0 Å². The highest BCUT2D eigenvalue weighted by Gasteiger charge is 2.55. The van der Waals surface area contributed by atoms with Gasteiger partial charge in [0.05, 0.1) is 30.7 Å². The number of urea groups is 1. The molecule has 0 unspecified atom stereocenters. The molecule has 3 amide bonds. The summed E-state index contributed by atoms with van der Waals surface area (Å²) >= 11 is 0. The molecule has 2 N–H and O–H groups in total. The van der Waals surface area contributed by atoms with E-state index in [-0.39, 0.29) is 12.5 Å². The molecule has 3 heterocycles. The van der Waals surface area contributed by atoms with Crippen molar-refractivity contribution in [3.8, 4) is 5.75 Å². The minimum absolute atomic E-state index is 0.103. The van der Waals surface area contributed by atoms with E-state index in [2.05, 4.69) is 5.32 Å². The Kier molecular flexibility index (Phi) is 6.12. The molecule has 0 saturated carbocycles. The molecule has 9 heteroatoms. The molecule has 2 aliphatic rings. The molecule has 1 aromatic heterocycles. The van der Waals surface area contributed by atoms with Crippen LogP contribution < -0.4 is 10.1 Å². The summed E-state index contributed by atoms with van der Waals surface area (Å²) in [6.45, 7) is 3.01. The van der Waals surface area contributed by atoms with Gasteiger partial charge in [-0.25, -0.2) is 9.18 Å². The third-order valence-electron chi connectivity index (χ3n) is 7.46. The van der Waals surface area contributed by atoms with E-state index in [1.54, 1.807) is 18.1 Å². The van der Waals surface area contributed by atoms with Crippen LogP contribution in [0.2, 0.25) is 0 Å². The smallest absolute Gasteiger partial charge is 0.322 e. The van der Waals surface area contributed by atoms with Crippen LogP contribution >= 0.6 is 0 Å². The van der Waals surface area contributed by atoms with Crippen LogP contribution in [-0.4, -0.2) is 64.8 Å². The molecule has 0 radical (unpaired) electrons. The Morgan fingerprint density at radius 2 is 1.97 bits per heavy atom. The number of hydrogen-bond acceptors (Lipinski definition) is 4. The van der Waals surface area contributed by atoms with Gasteiger partial charge in [-0.1, -0.05) is 13.0 Å². The third kappa shape index (κ3) is 3.78. The Morgan fingerprint density at radius 1 is 1.19 bits per heavy atom. The number of aromatic nitrogens is 1. The van der Waals surface area contributed by atoms with Crippen molar-refractivity contribution in [2.24, 2.45) is 7.05 Å². The Morgan fingerprint density at radius 3 is 2.64 bits per heavy atom. The van der Waals surface area contributed by atoms with Crippen molar-refractivity contribution in [3.63, 3.8) is 0 Å². The van der Waals surface area contributed by atoms with Crippen molar-refractivity contribution in [3.05, 3.63) is 59.5 Å². The number of aryl methyl sites for hydroxylation is 1. The number of carbonyl (C=O) groups is 2. The number of amides is 3. The summed E-state index contributed by atoms with van der Waals surface area (Å²) in [6.07, 6.45) is 1.26. The monoisotopic (exact) mass is 494 g/mol. The van der Waals surface area contributed by atoms with Crippen LogP contribution in [-0.2, 0) is 17.3 Å². The van der Waals surface area contributed by atoms with Gasteiger partial charge >= 0.3 is 6.03 Å². The second-order valence-corrected chi connectivity index (χ2v) is 9.75. The molecule has 1 fully saturated rings. The van der Waals surface area contributed by atoms with Crippen molar-refractivity contribution in [2.45, 2.75) is 31.2 Å². The zero-order valence-corrected chi connectivity index (χ0v) is 20.8. The molecular formula is C27H31FN4O4. The second-order valence-electron chi connectivity index (χ2n) is 9.75. The van der Waals surface area contributed by atoms with Crippen molar-refractivity contribution in [2.75, 3.05) is 38.7 Å². The summed E-state index contributed by atoms with van der Waals surface area (Å²) in [6, 6.07) is 10.6. The van der Waals surface area contributed by atoms with Crippen LogP contribution in [0.1, 0.15) is 37.1 Å². The fourth-order valence-corrected chi connectivity index (χ4v) is 5.82. The number of nitrogens with zero attached hydrogens (tertiary/aromatic N) is 3. The van der Waals surface area contributed by atoms with Crippen molar-refractivity contribution in [1.82, 2.24) is 14.4 Å². The second kappa shape index (κ2) is 9.13. The summed E-state index contributed by atoms with van der Waals surface area (Å²) in [5.41, 5.74) is 2.70. The van der Waals surface area contributed by atoms with E-state index in [1.807, 2.05) is 41.6 Å². The largest absolute Gasteiger partial charge is 0.497 e. The molecule has 1 saturated heterocycles. The number of ether oxygens (including phenoxy) is 1. The normalized spacial score (nSPS) is 18.2. The first-order chi connectivity index (χ1) is 17.3. The van der Waals surface area contributed by atoms with Crippen molar-refractivity contribution < 1.29 is 23.8 Å². The first kappa shape index (κ1) is 24.1. The lowest BCUT2D eigenvalue weighted by molar-refractivity contribution is -0.140. The van der Waals surface area contributed by atoms with Crippen LogP contribution in [0, 0.1) is 5.82 Å². The molecule has 1 atom stereocenters. The Hall–Kier alpha value is -3.59. The molecule has 0 aliphatic carbocycles. The highest BCUT2D eigenvalue weighted by atomic mass is 19.1. The van der Waals surface area contributed by atoms with Crippen LogP contribution in [0.25, 0.3) is 10.9 Å². The molecular weight excluding hydrogens is 463 g/mol.